The fraction of sp³-hybridized carbons (Fsp3) is 0.304. The van der Waals surface area contributed by atoms with Crippen LogP contribution in [0.25, 0.3) is 11.8 Å². The molecule has 1 amide bonds. The summed E-state index contributed by atoms with van der Waals surface area (Å²) in [7, 11) is 0. The zero-order valence-corrected chi connectivity index (χ0v) is 18.7. The van der Waals surface area contributed by atoms with Crippen LogP contribution in [0.15, 0.2) is 39.9 Å². The molecule has 0 bridgehead atoms. The highest BCUT2D eigenvalue weighted by atomic mass is 32.2. The fourth-order valence-electron chi connectivity index (χ4n) is 3.70. The molecule has 30 heavy (non-hydrogen) atoms. The van der Waals surface area contributed by atoms with Crippen LogP contribution in [-0.2, 0) is 4.79 Å². The molecule has 3 heterocycles. The van der Waals surface area contributed by atoms with Gasteiger partial charge >= 0.3 is 0 Å². The summed E-state index contributed by atoms with van der Waals surface area (Å²) in [5.41, 5.74) is 6.84. The van der Waals surface area contributed by atoms with Crippen molar-refractivity contribution in [1.82, 2.24) is 9.58 Å². The predicted octanol–water partition coefficient (Wildman–Crippen LogP) is 5.13. The maximum atomic E-state index is 12.7. The van der Waals surface area contributed by atoms with Crippen molar-refractivity contribution in [2.24, 2.45) is 10.1 Å². The van der Waals surface area contributed by atoms with Gasteiger partial charge in [0.2, 0.25) is 5.17 Å². The number of carbonyl (C=O) groups excluding carboxylic acids is 1. The molecule has 4 rings (SSSR count). The van der Waals surface area contributed by atoms with Crippen molar-refractivity contribution in [3.8, 4) is 5.69 Å². The number of hydrazone groups is 1. The third-order valence-corrected chi connectivity index (χ3v) is 6.45. The summed E-state index contributed by atoms with van der Waals surface area (Å²) < 4.78 is 2.17. The Balaban J connectivity index is 1.73. The Bertz CT molecular complexity index is 1170. The van der Waals surface area contributed by atoms with E-state index in [9.17, 15) is 4.79 Å². The first-order valence-electron chi connectivity index (χ1n) is 10.1. The van der Waals surface area contributed by atoms with Gasteiger partial charge in [0.1, 0.15) is 5.04 Å². The van der Waals surface area contributed by atoms with Gasteiger partial charge in [0, 0.05) is 17.1 Å². The Labute approximate surface area is 180 Å². The van der Waals surface area contributed by atoms with E-state index in [1.807, 2.05) is 19.9 Å². The van der Waals surface area contributed by atoms with Crippen molar-refractivity contribution in [3.63, 3.8) is 0 Å². The number of fused-ring (bicyclic) bond motifs is 1. The molecule has 2 aliphatic rings. The zero-order valence-electron chi connectivity index (χ0n) is 17.9. The van der Waals surface area contributed by atoms with Crippen LogP contribution in [0.3, 0.4) is 0 Å². The number of aromatic nitrogens is 1. The molecule has 0 spiro atoms. The summed E-state index contributed by atoms with van der Waals surface area (Å²) in [6, 6.07) is 8.44. The second-order valence-corrected chi connectivity index (χ2v) is 8.73. The molecular weight excluding hydrogens is 394 g/mol. The van der Waals surface area contributed by atoms with Gasteiger partial charge in [-0.25, -0.2) is 0 Å². The number of hydrogen-bond donors (Lipinski definition) is 1. The molecular formula is C23H25N5OS. The number of aliphatic imine (C=N–C) groups is 1. The topological polar surface area (TPSA) is 73.8 Å². The molecule has 1 aromatic carbocycles. The lowest BCUT2D eigenvalue weighted by Crippen LogP contribution is -2.35. The van der Waals surface area contributed by atoms with Crippen LogP contribution in [0.1, 0.15) is 47.8 Å². The predicted molar refractivity (Wildman–Crippen MR) is 125 cm³/mol. The molecule has 1 aromatic heterocycles. The largest absolute Gasteiger partial charge is 0.318 e. The number of aryl methyl sites for hydroxylation is 3. The lowest BCUT2D eigenvalue weighted by Gasteiger charge is -2.20. The van der Waals surface area contributed by atoms with Crippen molar-refractivity contribution < 1.29 is 4.79 Å². The lowest BCUT2D eigenvalue weighted by atomic mass is 10.1. The quantitative estimate of drug-likeness (QED) is 0.698. The number of amides is 1. The van der Waals surface area contributed by atoms with E-state index in [0.29, 0.717) is 5.17 Å². The van der Waals surface area contributed by atoms with E-state index in [1.165, 1.54) is 27.9 Å². The van der Waals surface area contributed by atoms with Crippen LogP contribution < -0.4 is 0 Å². The van der Waals surface area contributed by atoms with Crippen molar-refractivity contribution in [2.75, 3.05) is 0 Å². The summed E-state index contributed by atoms with van der Waals surface area (Å²) in [5.74, 6) is -0.303. The second kappa shape index (κ2) is 7.72. The molecule has 0 aliphatic carbocycles. The van der Waals surface area contributed by atoms with Crippen LogP contribution in [0.5, 0.6) is 0 Å². The minimum Gasteiger partial charge on any atom is -0.318 e. The van der Waals surface area contributed by atoms with Crippen LogP contribution >= 0.6 is 11.8 Å². The van der Waals surface area contributed by atoms with Crippen molar-refractivity contribution >= 4 is 39.8 Å². The van der Waals surface area contributed by atoms with Gasteiger partial charge in [0.15, 0.2) is 5.84 Å². The highest BCUT2D eigenvalue weighted by Crippen LogP contribution is 2.31. The molecule has 0 atom stereocenters. The number of benzene rings is 1. The van der Waals surface area contributed by atoms with Gasteiger partial charge in [-0.2, -0.15) is 15.1 Å². The summed E-state index contributed by atoms with van der Waals surface area (Å²) in [5, 5.41) is 15.9. The van der Waals surface area contributed by atoms with Gasteiger partial charge in [-0.1, -0.05) is 13.0 Å². The molecule has 0 saturated carbocycles. The van der Waals surface area contributed by atoms with E-state index in [-0.39, 0.29) is 17.3 Å². The van der Waals surface area contributed by atoms with Crippen molar-refractivity contribution in [2.45, 2.75) is 47.5 Å². The maximum absolute atomic E-state index is 12.7. The minimum atomic E-state index is -0.386. The minimum absolute atomic E-state index is 0.0830. The van der Waals surface area contributed by atoms with E-state index in [1.54, 1.807) is 6.08 Å². The molecule has 0 fully saturated rings. The molecule has 6 nitrogen and oxygen atoms in total. The Morgan fingerprint density at radius 1 is 1.13 bits per heavy atom. The standard InChI is InChI=1S/C23H25N5OS/c1-6-7-20-26-28-21(24)19(22(29)25-23(28)30-20)12-17-11-15(4)27(16(17)5)18-9-8-13(2)14(3)10-18/h8-12,24H,6-7H2,1-5H3/b19-12+,24-21?. The van der Waals surface area contributed by atoms with E-state index < -0.39 is 0 Å². The molecule has 0 radical (unpaired) electrons. The Hall–Kier alpha value is -2.93. The Morgan fingerprint density at radius 3 is 2.60 bits per heavy atom. The summed E-state index contributed by atoms with van der Waals surface area (Å²) >= 11 is 1.38. The molecule has 2 aliphatic heterocycles. The molecule has 0 unspecified atom stereocenters. The van der Waals surface area contributed by atoms with Crippen LogP contribution in [-0.4, -0.2) is 31.5 Å². The van der Waals surface area contributed by atoms with Gasteiger partial charge in [0.05, 0.1) is 5.57 Å². The molecule has 0 saturated heterocycles. The fourth-order valence-corrected chi connectivity index (χ4v) is 4.68. The summed E-state index contributed by atoms with van der Waals surface area (Å²) in [6.45, 7) is 10.4. The maximum Gasteiger partial charge on any atom is 0.283 e. The first kappa shape index (κ1) is 20.3. The first-order valence-corrected chi connectivity index (χ1v) is 10.9. The molecule has 7 heteroatoms. The Morgan fingerprint density at radius 2 is 1.90 bits per heavy atom. The second-order valence-electron chi connectivity index (χ2n) is 7.69. The third-order valence-electron chi connectivity index (χ3n) is 5.48. The number of nitrogens with one attached hydrogen (secondary N) is 1. The molecule has 154 valence electrons. The smallest absolute Gasteiger partial charge is 0.283 e. The number of hydrogen-bond acceptors (Lipinski definition) is 4. The van der Waals surface area contributed by atoms with Crippen molar-refractivity contribution in [1.29, 1.82) is 5.41 Å². The third kappa shape index (κ3) is 3.43. The van der Waals surface area contributed by atoms with Crippen LogP contribution in [0.4, 0.5) is 0 Å². The number of carbonyl (C=O) groups is 1. The van der Waals surface area contributed by atoms with E-state index in [0.717, 1.165) is 40.5 Å². The SMILES string of the molecule is CCCC1=NN2C(=N)/C(=C\c3cc(C)n(-c4ccc(C)c(C)c4)c3C)C(=O)N=C2S1. The number of thioether (sulfide) groups is 1. The highest BCUT2D eigenvalue weighted by molar-refractivity contribution is 8.26. The normalized spacial score (nSPS) is 17.5. The van der Waals surface area contributed by atoms with Crippen LogP contribution in [0, 0.1) is 33.1 Å². The molecule has 1 N–H and O–H groups in total. The van der Waals surface area contributed by atoms with Gasteiger partial charge in [-0.3, -0.25) is 10.2 Å². The van der Waals surface area contributed by atoms with E-state index in [2.05, 4.69) is 53.6 Å². The summed E-state index contributed by atoms with van der Waals surface area (Å²) in [6.07, 6.45) is 3.54. The average Bonchev–Trinajstić information content (AvgIpc) is 3.21. The zero-order chi connectivity index (χ0) is 21.6. The van der Waals surface area contributed by atoms with E-state index in [4.69, 9.17) is 5.41 Å². The number of rotatable bonds is 4. The number of nitrogens with zero attached hydrogens (tertiary/aromatic N) is 4. The van der Waals surface area contributed by atoms with Crippen LogP contribution in [0.2, 0.25) is 0 Å². The first-order chi connectivity index (χ1) is 14.3. The van der Waals surface area contributed by atoms with Gasteiger partial charge in [0.25, 0.3) is 5.91 Å². The number of amidine groups is 2. The van der Waals surface area contributed by atoms with Gasteiger partial charge in [-0.05, 0) is 93.3 Å². The average molecular weight is 420 g/mol. The van der Waals surface area contributed by atoms with E-state index >= 15 is 0 Å². The van der Waals surface area contributed by atoms with Gasteiger partial charge < -0.3 is 4.57 Å². The Kier molecular flexibility index (Phi) is 5.24. The van der Waals surface area contributed by atoms with Crippen molar-refractivity contribution in [3.05, 3.63) is 57.9 Å². The molecule has 2 aromatic rings. The monoisotopic (exact) mass is 419 g/mol. The van der Waals surface area contributed by atoms with Gasteiger partial charge in [-0.15, -0.1) is 0 Å². The summed E-state index contributed by atoms with van der Waals surface area (Å²) in [4.78, 5) is 16.9. The highest BCUT2D eigenvalue weighted by Gasteiger charge is 2.35. The lowest BCUT2D eigenvalue weighted by molar-refractivity contribution is -0.114.